The molecule has 3 rings (SSSR count). The van der Waals surface area contributed by atoms with Gasteiger partial charge in [0.1, 0.15) is 6.54 Å². The first-order valence-corrected chi connectivity index (χ1v) is 6.31. The Morgan fingerprint density at radius 1 is 1.47 bits per heavy atom. The second kappa shape index (κ2) is 4.49. The largest absolute Gasteiger partial charge is 0.341 e. The van der Waals surface area contributed by atoms with Crippen molar-refractivity contribution in [2.45, 2.75) is 25.4 Å². The number of nitrogens with zero attached hydrogens (tertiary/aromatic N) is 3. The Labute approximate surface area is 101 Å². The maximum atomic E-state index is 12.1. The summed E-state index contributed by atoms with van der Waals surface area (Å²) in [5.74, 6) is 0.851. The molecular formula is C12H18N4O. The lowest BCUT2D eigenvalue weighted by molar-refractivity contribution is -0.134. The summed E-state index contributed by atoms with van der Waals surface area (Å²) in [7, 11) is 0. The highest BCUT2D eigenvalue weighted by atomic mass is 16.2. The van der Waals surface area contributed by atoms with E-state index in [1.165, 1.54) is 6.42 Å². The zero-order chi connectivity index (χ0) is 11.7. The van der Waals surface area contributed by atoms with Crippen molar-refractivity contribution in [3.05, 3.63) is 18.5 Å². The molecule has 0 aromatic carbocycles. The normalized spacial score (nSPS) is 28.1. The van der Waals surface area contributed by atoms with Crippen molar-refractivity contribution in [1.82, 2.24) is 20.0 Å². The van der Waals surface area contributed by atoms with Gasteiger partial charge in [0, 0.05) is 31.5 Å². The molecule has 1 amide bonds. The molecule has 2 aliphatic rings. The Hall–Kier alpha value is -1.36. The molecule has 0 spiro atoms. The van der Waals surface area contributed by atoms with Crippen LogP contribution < -0.4 is 5.32 Å². The van der Waals surface area contributed by atoms with Gasteiger partial charge in [0.15, 0.2) is 0 Å². The van der Waals surface area contributed by atoms with Gasteiger partial charge in [-0.15, -0.1) is 0 Å². The topological polar surface area (TPSA) is 50.2 Å². The molecule has 2 fully saturated rings. The van der Waals surface area contributed by atoms with Crippen LogP contribution in [0.3, 0.4) is 0 Å². The number of nitrogens with one attached hydrogen (secondary N) is 1. The highest BCUT2D eigenvalue weighted by Crippen LogP contribution is 2.24. The van der Waals surface area contributed by atoms with Crippen molar-refractivity contribution in [2.24, 2.45) is 5.92 Å². The van der Waals surface area contributed by atoms with E-state index in [-0.39, 0.29) is 5.91 Å². The third-order valence-electron chi connectivity index (χ3n) is 3.86. The molecule has 17 heavy (non-hydrogen) atoms. The lowest BCUT2D eigenvalue weighted by Gasteiger charge is -2.34. The summed E-state index contributed by atoms with van der Waals surface area (Å²) >= 11 is 0. The van der Waals surface area contributed by atoms with Gasteiger partial charge in [-0.1, -0.05) is 0 Å². The van der Waals surface area contributed by atoms with E-state index in [1.807, 2.05) is 17.2 Å². The molecule has 2 aliphatic heterocycles. The predicted octanol–water partition coefficient (Wildman–Crippen LogP) is 0.0935. The summed E-state index contributed by atoms with van der Waals surface area (Å²) < 4.78 is 1.70. The van der Waals surface area contributed by atoms with E-state index in [2.05, 4.69) is 10.4 Å². The zero-order valence-corrected chi connectivity index (χ0v) is 9.88. The zero-order valence-electron chi connectivity index (χ0n) is 9.88. The molecule has 1 aromatic heterocycles. The first kappa shape index (κ1) is 10.8. The quantitative estimate of drug-likeness (QED) is 0.789. The van der Waals surface area contributed by atoms with Crippen LogP contribution in [0.25, 0.3) is 0 Å². The third-order valence-corrected chi connectivity index (χ3v) is 3.86. The third kappa shape index (κ3) is 2.20. The first-order valence-electron chi connectivity index (χ1n) is 6.31. The summed E-state index contributed by atoms with van der Waals surface area (Å²) in [5.41, 5.74) is 0. The number of hydrogen-bond acceptors (Lipinski definition) is 3. The van der Waals surface area contributed by atoms with Crippen LogP contribution in [0.4, 0.5) is 0 Å². The number of carbonyl (C=O) groups is 1. The number of carbonyl (C=O) groups excluding carboxylic acids is 1. The molecule has 2 unspecified atom stereocenters. The Bertz CT molecular complexity index is 389. The molecule has 2 saturated heterocycles. The number of piperidine rings is 1. The number of fused-ring (bicyclic) bond motifs is 1. The van der Waals surface area contributed by atoms with Gasteiger partial charge in [0.25, 0.3) is 0 Å². The highest BCUT2D eigenvalue weighted by molar-refractivity contribution is 5.76. The number of rotatable bonds is 2. The van der Waals surface area contributed by atoms with E-state index in [0.29, 0.717) is 18.5 Å². The lowest BCUT2D eigenvalue weighted by atomic mass is 9.93. The standard InChI is InChI=1S/C12H18N4O/c17-12(9-16-6-1-4-14-16)15-7-3-11-10(8-15)2-5-13-11/h1,4,6,10-11,13H,2-3,5,7-9H2. The van der Waals surface area contributed by atoms with Crippen LogP contribution in [0.15, 0.2) is 18.5 Å². The van der Waals surface area contributed by atoms with E-state index in [0.717, 1.165) is 26.1 Å². The van der Waals surface area contributed by atoms with Crippen molar-refractivity contribution in [3.8, 4) is 0 Å². The molecule has 1 aromatic rings. The van der Waals surface area contributed by atoms with Crippen LogP contribution in [0.2, 0.25) is 0 Å². The summed E-state index contributed by atoms with van der Waals surface area (Å²) in [5, 5.41) is 7.58. The maximum absolute atomic E-state index is 12.1. The molecule has 1 N–H and O–H groups in total. The minimum absolute atomic E-state index is 0.194. The van der Waals surface area contributed by atoms with Crippen molar-refractivity contribution in [1.29, 1.82) is 0 Å². The van der Waals surface area contributed by atoms with Gasteiger partial charge in [-0.2, -0.15) is 5.10 Å². The Morgan fingerprint density at radius 3 is 3.24 bits per heavy atom. The first-order chi connectivity index (χ1) is 8.33. The number of hydrogen-bond donors (Lipinski definition) is 1. The molecule has 0 aliphatic carbocycles. The van der Waals surface area contributed by atoms with Gasteiger partial charge < -0.3 is 10.2 Å². The van der Waals surface area contributed by atoms with Gasteiger partial charge in [-0.25, -0.2) is 0 Å². The summed E-state index contributed by atoms with van der Waals surface area (Å²) in [6.07, 6.45) is 5.84. The Morgan fingerprint density at radius 2 is 2.41 bits per heavy atom. The highest BCUT2D eigenvalue weighted by Gasteiger charge is 2.34. The van der Waals surface area contributed by atoms with Gasteiger partial charge in [0.2, 0.25) is 5.91 Å². The van der Waals surface area contributed by atoms with E-state index >= 15 is 0 Å². The van der Waals surface area contributed by atoms with Crippen LogP contribution in [0.5, 0.6) is 0 Å². The maximum Gasteiger partial charge on any atom is 0.244 e. The molecule has 2 atom stereocenters. The van der Waals surface area contributed by atoms with Crippen molar-refractivity contribution in [2.75, 3.05) is 19.6 Å². The minimum atomic E-state index is 0.194. The summed E-state index contributed by atoms with van der Waals surface area (Å²) in [6.45, 7) is 3.28. The lowest BCUT2D eigenvalue weighted by Crippen LogP contribution is -2.47. The van der Waals surface area contributed by atoms with Crippen LogP contribution in [-0.2, 0) is 11.3 Å². The van der Waals surface area contributed by atoms with E-state index < -0.39 is 0 Å². The summed E-state index contributed by atoms with van der Waals surface area (Å²) in [4.78, 5) is 14.1. The molecule has 92 valence electrons. The Balaban J connectivity index is 1.59. The number of likely N-dealkylation sites (tertiary alicyclic amines) is 1. The van der Waals surface area contributed by atoms with Crippen LogP contribution in [-0.4, -0.2) is 46.3 Å². The molecule has 3 heterocycles. The molecule has 0 radical (unpaired) electrons. The van der Waals surface area contributed by atoms with Gasteiger partial charge in [0.05, 0.1) is 0 Å². The fraction of sp³-hybridized carbons (Fsp3) is 0.667. The van der Waals surface area contributed by atoms with Crippen LogP contribution in [0, 0.1) is 5.92 Å². The fourth-order valence-corrected chi connectivity index (χ4v) is 2.91. The van der Waals surface area contributed by atoms with Crippen LogP contribution in [0.1, 0.15) is 12.8 Å². The van der Waals surface area contributed by atoms with Gasteiger partial charge in [-0.05, 0) is 31.4 Å². The van der Waals surface area contributed by atoms with Crippen LogP contribution >= 0.6 is 0 Å². The monoisotopic (exact) mass is 234 g/mol. The molecule has 0 saturated carbocycles. The summed E-state index contributed by atoms with van der Waals surface area (Å²) in [6, 6.07) is 2.49. The van der Waals surface area contributed by atoms with Crippen molar-refractivity contribution in [3.63, 3.8) is 0 Å². The Kier molecular flexibility index (Phi) is 2.84. The number of aromatic nitrogens is 2. The predicted molar refractivity (Wildman–Crippen MR) is 63.3 cm³/mol. The average molecular weight is 234 g/mol. The van der Waals surface area contributed by atoms with Crippen molar-refractivity contribution < 1.29 is 4.79 Å². The molecule has 0 bridgehead atoms. The second-order valence-corrected chi connectivity index (χ2v) is 4.94. The smallest absolute Gasteiger partial charge is 0.244 e. The number of amides is 1. The molecule has 5 nitrogen and oxygen atoms in total. The average Bonchev–Trinajstić information content (AvgIpc) is 2.97. The second-order valence-electron chi connectivity index (χ2n) is 4.94. The minimum Gasteiger partial charge on any atom is -0.341 e. The van der Waals surface area contributed by atoms with Gasteiger partial charge >= 0.3 is 0 Å². The van der Waals surface area contributed by atoms with E-state index in [9.17, 15) is 4.79 Å². The van der Waals surface area contributed by atoms with E-state index in [4.69, 9.17) is 0 Å². The van der Waals surface area contributed by atoms with E-state index in [1.54, 1.807) is 10.9 Å². The molecule has 5 heteroatoms. The van der Waals surface area contributed by atoms with Crippen molar-refractivity contribution >= 4 is 5.91 Å². The van der Waals surface area contributed by atoms with Gasteiger partial charge in [-0.3, -0.25) is 9.48 Å². The SMILES string of the molecule is O=C(Cn1cccn1)N1CCC2NCCC2C1. The molecular weight excluding hydrogens is 216 g/mol. The fourth-order valence-electron chi connectivity index (χ4n) is 2.91.